The highest BCUT2D eigenvalue weighted by Gasteiger charge is 2.45. The number of carbonyl (C=O) groups is 1. The van der Waals surface area contributed by atoms with Crippen molar-refractivity contribution in [1.82, 2.24) is 5.32 Å². The van der Waals surface area contributed by atoms with Crippen LogP contribution >= 0.6 is 0 Å². The molecular weight excluding hydrogens is 150 g/mol. The molecule has 1 aliphatic carbocycles. The molecule has 0 radical (unpaired) electrons. The molecule has 0 aromatic carbocycles. The molecule has 0 aromatic heterocycles. The second-order valence-corrected chi connectivity index (χ2v) is 4.57. The first-order valence-electron chi connectivity index (χ1n) is 4.77. The summed E-state index contributed by atoms with van der Waals surface area (Å²) in [4.78, 5) is 11.5. The van der Waals surface area contributed by atoms with Crippen molar-refractivity contribution in [2.75, 3.05) is 0 Å². The topological polar surface area (TPSA) is 29.1 Å². The van der Waals surface area contributed by atoms with Crippen molar-refractivity contribution in [1.29, 1.82) is 0 Å². The van der Waals surface area contributed by atoms with Gasteiger partial charge in [0, 0.05) is 11.5 Å². The molecule has 1 unspecified atom stereocenters. The molecule has 0 aliphatic heterocycles. The Hall–Kier alpha value is -0.530. The van der Waals surface area contributed by atoms with Crippen molar-refractivity contribution < 1.29 is 4.79 Å². The molecule has 1 rings (SSSR count). The predicted molar refractivity (Wildman–Crippen MR) is 49.8 cm³/mol. The van der Waals surface area contributed by atoms with E-state index >= 15 is 0 Å². The Morgan fingerprint density at radius 2 is 1.83 bits per heavy atom. The minimum absolute atomic E-state index is 0.0247. The van der Waals surface area contributed by atoms with Gasteiger partial charge in [-0.1, -0.05) is 20.8 Å². The molecule has 0 saturated heterocycles. The maximum Gasteiger partial charge on any atom is 0.226 e. The predicted octanol–water partition coefficient (Wildman–Crippen LogP) is 1.95. The summed E-state index contributed by atoms with van der Waals surface area (Å²) in [6.45, 7) is 8.35. The summed E-state index contributed by atoms with van der Waals surface area (Å²) in [5.74, 6) is 0.764. The van der Waals surface area contributed by atoms with Crippen LogP contribution in [0.1, 0.15) is 40.5 Å². The van der Waals surface area contributed by atoms with Crippen molar-refractivity contribution in [3.63, 3.8) is 0 Å². The third-order valence-electron chi connectivity index (χ3n) is 2.91. The fraction of sp³-hybridized carbons (Fsp3) is 0.900. The molecule has 0 bridgehead atoms. The quantitative estimate of drug-likeness (QED) is 0.687. The number of carbonyl (C=O) groups excluding carboxylic acids is 1. The monoisotopic (exact) mass is 169 g/mol. The highest BCUT2D eigenvalue weighted by Crippen LogP contribution is 2.45. The molecular formula is C10H19NO. The number of hydrogen-bond acceptors (Lipinski definition) is 1. The molecule has 1 fully saturated rings. The van der Waals surface area contributed by atoms with Gasteiger partial charge in [0.15, 0.2) is 0 Å². The SMILES string of the molecule is CC(C)C(C)NC(=O)C1(C)CC1. The van der Waals surface area contributed by atoms with Crippen molar-refractivity contribution in [3.05, 3.63) is 0 Å². The van der Waals surface area contributed by atoms with Gasteiger partial charge in [-0.15, -0.1) is 0 Å². The van der Waals surface area contributed by atoms with Crippen LogP contribution in [0.5, 0.6) is 0 Å². The molecule has 0 heterocycles. The largest absolute Gasteiger partial charge is 0.353 e. The van der Waals surface area contributed by atoms with Crippen LogP contribution in [0.15, 0.2) is 0 Å². The fourth-order valence-electron chi connectivity index (χ4n) is 0.962. The van der Waals surface area contributed by atoms with E-state index < -0.39 is 0 Å². The van der Waals surface area contributed by atoms with Gasteiger partial charge in [0.2, 0.25) is 5.91 Å². The normalized spacial score (nSPS) is 22.1. The molecule has 0 spiro atoms. The van der Waals surface area contributed by atoms with Crippen LogP contribution in [0.2, 0.25) is 0 Å². The van der Waals surface area contributed by atoms with Gasteiger partial charge < -0.3 is 5.32 Å². The van der Waals surface area contributed by atoms with Crippen LogP contribution < -0.4 is 5.32 Å². The Morgan fingerprint density at radius 1 is 1.33 bits per heavy atom. The minimum Gasteiger partial charge on any atom is -0.353 e. The summed E-state index contributed by atoms with van der Waals surface area (Å²) in [6, 6.07) is 0.301. The van der Waals surface area contributed by atoms with E-state index in [4.69, 9.17) is 0 Å². The van der Waals surface area contributed by atoms with Gasteiger partial charge in [-0.25, -0.2) is 0 Å². The van der Waals surface area contributed by atoms with Crippen LogP contribution in [0.25, 0.3) is 0 Å². The fourth-order valence-corrected chi connectivity index (χ4v) is 0.962. The number of amides is 1. The molecule has 70 valence electrons. The lowest BCUT2D eigenvalue weighted by Gasteiger charge is -2.19. The van der Waals surface area contributed by atoms with Crippen LogP contribution in [0.3, 0.4) is 0 Å². The molecule has 1 N–H and O–H groups in total. The van der Waals surface area contributed by atoms with Gasteiger partial charge in [0.25, 0.3) is 0 Å². The van der Waals surface area contributed by atoms with Gasteiger partial charge in [-0.2, -0.15) is 0 Å². The molecule has 12 heavy (non-hydrogen) atoms. The summed E-state index contributed by atoms with van der Waals surface area (Å²) in [5, 5.41) is 3.04. The third kappa shape index (κ3) is 1.99. The summed E-state index contributed by atoms with van der Waals surface area (Å²) in [6.07, 6.45) is 2.12. The average molecular weight is 169 g/mol. The van der Waals surface area contributed by atoms with Crippen molar-refractivity contribution in [3.8, 4) is 0 Å². The molecule has 1 saturated carbocycles. The van der Waals surface area contributed by atoms with Crippen LogP contribution in [-0.4, -0.2) is 11.9 Å². The first kappa shape index (κ1) is 9.56. The lowest BCUT2D eigenvalue weighted by molar-refractivity contribution is -0.126. The van der Waals surface area contributed by atoms with Crippen molar-refractivity contribution in [2.24, 2.45) is 11.3 Å². The smallest absolute Gasteiger partial charge is 0.226 e. The molecule has 0 aromatic rings. The van der Waals surface area contributed by atoms with E-state index in [2.05, 4.69) is 26.1 Å². The summed E-state index contributed by atoms with van der Waals surface area (Å²) >= 11 is 0. The highest BCUT2D eigenvalue weighted by molar-refractivity contribution is 5.84. The Labute approximate surface area is 74.7 Å². The minimum atomic E-state index is -0.0247. The molecule has 1 aliphatic rings. The summed E-state index contributed by atoms with van der Waals surface area (Å²) < 4.78 is 0. The average Bonchev–Trinajstić information content (AvgIpc) is 2.69. The van der Waals surface area contributed by atoms with E-state index in [0.717, 1.165) is 12.8 Å². The Balaban J connectivity index is 2.36. The Kier molecular flexibility index (Phi) is 2.45. The summed E-state index contributed by atoms with van der Waals surface area (Å²) in [5.41, 5.74) is -0.0247. The molecule has 1 atom stereocenters. The van der Waals surface area contributed by atoms with Gasteiger partial charge >= 0.3 is 0 Å². The zero-order valence-corrected chi connectivity index (χ0v) is 8.48. The second kappa shape index (κ2) is 3.08. The zero-order chi connectivity index (χ0) is 9.35. The second-order valence-electron chi connectivity index (χ2n) is 4.57. The van der Waals surface area contributed by atoms with Gasteiger partial charge in [0.1, 0.15) is 0 Å². The lowest BCUT2D eigenvalue weighted by Crippen LogP contribution is -2.39. The van der Waals surface area contributed by atoms with Crippen LogP contribution in [0.4, 0.5) is 0 Å². The maximum atomic E-state index is 11.5. The highest BCUT2D eigenvalue weighted by atomic mass is 16.2. The number of rotatable bonds is 3. The van der Waals surface area contributed by atoms with E-state index in [9.17, 15) is 4.79 Å². The van der Waals surface area contributed by atoms with E-state index in [1.54, 1.807) is 0 Å². The van der Waals surface area contributed by atoms with Crippen LogP contribution in [-0.2, 0) is 4.79 Å². The number of nitrogens with one attached hydrogen (secondary N) is 1. The maximum absolute atomic E-state index is 11.5. The lowest BCUT2D eigenvalue weighted by atomic mass is 10.0. The van der Waals surface area contributed by atoms with E-state index in [-0.39, 0.29) is 11.3 Å². The first-order chi connectivity index (χ1) is 5.46. The molecule has 1 amide bonds. The van der Waals surface area contributed by atoms with Crippen LogP contribution in [0, 0.1) is 11.3 Å². The summed E-state index contributed by atoms with van der Waals surface area (Å²) in [7, 11) is 0. The van der Waals surface area contributed by atoms with Gasteiger partial charge in [0.05, 0.1) is 0 Å². The van der Waals surface area contributed by atoms with Crippen molar-refractivity contribution >= 4 is 5.91 Å². The molecule has 2 nitrogen and oxygen atoms in total. The Morgan fingerprint density at radius 3 is 2.17 bits per heavy atom. The zero-order valence-electron chi connectivity index (χ0n) is 8.48. The number of hydrogen-bond donors (Lipinski definition) is 1. The van der Waals surface area contributed by atoms with Gasteiger partial charge in [-0.3, -0.25) is 4.79 Å². The van der Waals surface area contributed by atoms with Crippen molar-refractivity contribution in [2.45, 2.75) is 46.6 Å². The standard InChI is InChI=1S/C10H19NO/c1-7(2)8(3)11-9(12)10(4)5-6-10/h7-8H,5-6H2,1-4H3,(H,11,12). The Bertz CT molecular complexity index is 182. The van der Waals surface area contributed by atoms with E-state index in [1.807, 2.05) is 6.92 Å². The van der Waals surface area contributed by atoms with E-state index in [0.29, 0.717) is 12.0 Å². The third-order valence-corrected chi connectivity index (χ3v) is 2.91. The molecule has 2 heteroatoms. The van der Waals surface area contributed by atoms with Gasteiger partial charge in [-0.05, 0) is 25.7 Å². The van der Waals surface area contributed by atoms with E-state index in [1.165, 1.54) is 0 Å². The first-order valence-corrected chi connectivity index (χ1v) is 4.77.